The molecule has 8 heteroatoms. The molecule has 0 unspecified atom stereocenters. The first-order chi connectivity index (χ1) is 14.0. The molecule has 0 aliphatic heterocycles. The van der Waals surface area contributed by atoms with Gasteiger partial charge in [0, 0.05) is 23.2 Å². The van der Waals surface area contributed by atoms with Crippen LogP contribution in [-0.4, -0.2) is 28.8 Å². The highest BCUT2D eigenvalue weighted by atomic mass is 35.5. The van der Waals surface area contributed by atoms with Crippen LogP contribution < -0.4 is 15.6 Å². The molecule has 3 aromatic rings. The van der Waals surface area contributed by atoms with Gasteiger partial charge in [-0.2, -0.15) is 5.10 Å². The molecule has 0 fully saturated rings. The Balaban J connectivity index is 1.67. The minimum Gasteiger partial charge on any atom is -0.494 e. The zero-order chi connectivity index (χ0) is 20.8. The second kappa shape index (κ2) is 9.58. The quantitative estimate of drug-likeness (QED) is 0.612. The first-order valence-electron chi connectivity index (χ1n) is 9.02. The number of carbonyl (C=O) groups excluding carboxylic acids is 1. The average molecular weight is 432 g/mol. The Kier molecular flexibility index (Phi) is 6.90. The van der Waals surface area contributed by atoms with Crippen molar-refractivity contribution < 1.29 is 9.53 Å². The van der Waals surface area contributed by atoms with Crippen LogP contribution in [0.1, 0.15) is 17.3 Å². The molecule has 3 rings (SSSR count). The molecule has 0 aliphatic carbocycles. The molecule has 0 saturated carbocycles. The minimum absolute atomic E-state index is 0.220. The van der Waals surface area contributed by atoms with E-state index < -0.39 is 0 Å². The van der Waals surface area contributed by atoms with Crippen LogP contribution >= 0.6 is 23.2 Å². The lowest BCUT2D eigenvalue weighted by Crippen LogP contribution is -2.32. The van der Waals surface area contributed by atoms with Crippen LogP contribution in [0.5, 0.6) is 5.75 Å². The number of nitrogens with zero attached hydrogens (tertiary/aromatic N) is 2. The van der Waals surface area contributed by atoms with Crippen LogP contribution in [0.3, 0.4) is 0 Å². The number of carbonyl (C=O) groups is 1. The summed E-state index contributed by atoms with van der Waals surface area (Å²) in [4.78, 5) is 24.4. The van der Waals surface area contributed by atoms with E-state index in [0.29, 0.717) is 22.9 Å². The van der Waals surface area contributed by atoms with Crippen molar-refractivity contribution in [2.75, 3.05) is 13.2 Å². The molecule has 0 bridgehead atoms. The van der Waals surface area contributed by atoms with Gasteiger partial charge >= 0.3 is 0 Å². The largest absolute Gasteiger partial charge is 0.494 e. The summed E-state index contributed by atoms with van der Waals surface area (Å²) in [6, 6.07) is 15.2. The van der Waals surface area contributed by atoms with E-state index in [0.717, 1.165) is 11.3 Å². The highest BCUT2D eigenvalue weighted by molar-refractivity contribution is 6.36. The highest BCUT2D eigenvalue weighted by Gasteiger charge is 2.11. The van der Waals surface area contributed by atoms with E-state index in [1.807, 2.05) is 31.2 Å². The molecule has 0 radical (unpaired) electrons. The Bertz CT molecular complexity index is 1070. The third-order valence-electron chi connectivity index (χ3n) is 4.11. The van der Waals surface area contributed by atoms with Gasteiger partial charge in [-0.25, -0.2) is 4.68 Å². The monoisotopic (exact) mass is 431 g/mol. The van der Waals surface area contributed by atoms with E-state index in [9.17, 15) is 9.59 Å². The Labute approximate surface area is 178 Å². The van der Waals surface area contributed by atoms with E-state index >= 15 is 0 Å². The molecule has 2 aromatic carbocycles. The van der Waals surface area contributed by atoms with Crippen molar-refractivity contribution in [2.24, 2.45) is 0 Å². The first kappa shape index (κ1) is 20.9. The molecule has 0 aliphatic rings. The lowest BCUT2D eigenvalue weighted by atomic mass is 10.1. The van der Waals surface area contributed by atoms with Crippen molar-refractivity contribution in [3.05, 3.63) is 80.6 Å². The molecule has 29 heavy (non-hydrogen) atoms. The van der Waals surface area contributed by atoms with Gasteiger partial charge in [0.05, 0.1) is 29.4 Å². The molecular weight excluding hydrogens is 413 g/mol. The molecule has 150 valence electrons. The van der Waals surface area contributed by atoms with Crippen molar-refractivity contribution in [3.8, 4) is 17.0 Å². The fraction of sp³-hybridized carbons (Fsp3) is 0.190. The third-order valence-corrected chi connectivity index (χ3v) is 4.66. The van der Waals surface area contributed by atoms with Crippen LogP contribution in [-0.2, 0) is 6.54 Å². The molecule has 0 saturated heterocycles. The number of amides is 1. The number of ether oxygens (including phenoxy) is 1. The maximum Gasteiger partial charge on any atom is 0.266 e. The van der Waals surface area contributed by atoms with Gasteiger partial charge in [-0.1, -0.05) is 23.2 Å². The summed E-state index contributed by atoms with van der Waals surface area (Å²) in [5.74, 6) is 0.426. The molecule has 0 spiro atoms. The van der Waals surface area contributed by atoms with Crippen molar-refractivity contribution in [1.29, 1.82) is 0 Å². The standard InChI is InChI=1S/C21H19Cl2N3O3/c1-2-29-16-6-3-14(4-7-16)19-9-10-20(27)26(25-19)12-11-24-21(28)17-8-5-15(22)13-18(17)23/h3-10,13H,2,11-12H2,1H3,(H,24,28). The number of rotatable bonds is 7. The zero-order valence-corrected chi connectivity index (χ0v) is 17.2. The topological polar surface area (TPSA) is 73.2 Å². The first-order valence-corrected chi connectivity index (χ1v) is 9.78. The number of halogens is 2. The molecule has 1 aromatic heterocycles. The molecule has 1 N–H and O–H groups in total. The number of hydrogen-bond acceptors (Lipinski definition) is 4. The van der Waals surface area contributed by atoms with Gasteiger partial charge < -0.3 is 10.1 Å². The maximum atomic E-state index is 12.3. The lowest BCUT2D eigenvalue weighted by molar-refractivity contribution is 0.0952. The van der Waals surface area contributed by atoms with Crippen LogP contribution in [0.15, 0.2) is 59.4 Å². The average Bonchev–Trinajstić information content (AvgIpc) is 2.70. The van der Waals surface area contributed by atoms with Gasteiger partial charge in [0.15, 0.2) is 0 Å². The van der Waals surface area contributed by atoms with Crippen molar-refractivity contribution >= 4 is 29.1 Å². The minimum atomic E-state index is -0.345. The molecule has 1 amide bonds. The van der Waals surface area contributed by atoms with Crippen LogP contribution in [0.2, 0.25) is 10.0 Å². The maximum absolute atomic E-state index is 12.3. The van der Waals surface area contributed by atoms with E-state index in [1.54, 1.807) is 18.2 Å². The Hall–Kier alpha value is -2.83. The van der Waals surface area contributed by atoms with E-state index in [-0.39, 0.29) is 29.6 Å². The normalized spacial score (nSPS) is 10.6. The lowest BCUT2D eigenvalue weighted by Gasteiger charge is -2.10. The van der Waals surface area contributed by atoms with Gasteiger partial charge in [-0.15, -0.1) is 0 Å². The van der Waals surface area contributed by atoms with E-state index in [1.165, 1.54) is 16.8 Å². The smallest absolute Gasteiger partial charge is 0.266 e. The Morgan fingerprint density at radius 2 is 1.86 bits per heavy atom. The second-order valence-corrected chi connectivity index (χ2v) is 6.96. The summed E-state index contributed by atoms with van der Waals surface area (Å²) in [5.41, 5.74) is 1.58. The fourth-order valence-electron chi connectivity index (χ4n) is 2.70. The molecule has 0 atom stereocenters. The molecule has 1 heterocycles. The van der Waals surface area contributed by atoms with Crippen molar-refractivity contribution in [3.63, 3.8) is 0 Å². The van der Waals surface area contributed by atoms with Gasteiger partial charge in [0.1, 0.15) is 5.75 Å². The van der Waals surface area contributed by atoms with Crippen molar-refractivity contribution in [2.45, 2.75) is 13.5 Å². The summed E-state index contributed by atoms with van der Waals surface area (Å²) >= 11 is 11.9. The molecular formula is C21H19Cl2N3O3. The van der Waals surface area contributed by atoms with Gasteiger partial charge in [0.2, 0.25) is 0 Å². The summed E-state index contributed by atoms with van der Waals surface area (Å²) < 4.78 is 6.75. The summed E-state index contributed by atoms with van der Waals surface area (Å²) in [7, 11) is 0. The number of hydrogen-bond donors (Lipinski definition) is 1. The predicted octanol–water partition coefficient (Wildman–Crippen LogP) is 4.05. The van der Waals surface area contributed by atoms with Gasteiger partial charge in [0.25, 0.3) is 11.5 Å². The summed E-state index contributed by atoms with van der Waals surface area (Å²) in [6.07, 6.45) is 0. The summed E-state index contributed by atoms with van der Waals surface area (Å²) in [6.45, 7) is 2.96. The third kappa shape index (κ3) is 5.37. The molecule has 6 nitrogen and oxygen atoms in total. The van der Waals surface area contributed by atoms with E-state index in [4.69, 9.17) is 27.9 Å². The summed E-state index contributed by atoms with van der Waals surface area (Å²) in [5, 5.41) is 7.84. The number of nitrogens with one attached hydrogen (secondary N) is 1. The van der Waals surface area contributed by atoms with Crippen molar-refractivity contribution in [1.82, 2.24) is 15.1 Å². The Morgan fingerprint density at radius 3 is 2.55 bits per heavy atom. The predicted molar refractivity (Wildman–Crippen MR) is 114 cm³/mol. The fourth-order valence-corrected chi connectivity index (χ4v) is 3.19. The number of benzene rings is 2. The van der Waals surface area contributed by atoms with Gasteiger partial charge in [-0.05, 0) is 55.5 Å². The zero-order valence-electron chi connectivity index (χ0n) is 15.7. The van der Waals surface area contributed by atoms with E-state index in [2.05, 4.69) is 10.4 Å². The van der Waals surface area contributed by atoms with Crippen LogP contribution in [0.4, 0.5) is 0 Å². The van der Waals surface area contributed by atoms with Crippen LogP contribution in [0, 0.1) is 0 Å². The number of aromatic nitrogens is 2. The van der Waals surface area contributed by atoms with Crippen LogP contribution in [0.25, 0.3) is 11.3 Å². The SMILES string of the molecule is CCOc1ccc(-c2ccc(=O)n(CCNC(=O)c3ccc(Cl)cc3Cl)n2)cc1. The second-order valence-electron chi connectivity index (χ2n) is 6.12. The Morgan fingerprint density at radius 1 is 1.10 bits per heavy atom. The highest BCUT2D eigenvalue weighted by Crippen LogP contribution is 2.21. The van der Waals surface area contributed by atoms with Gasteiger partial charge in [-0.3, -0.25) is 9.59 Å².